The predicted molar refractivity (Wildman–Crippen MR) is 46.6 cm³/mol. The molecule has 0 aromatic carbocycles. The molecular formula is C8H12N4O. The number of hydrogen-bond donors (Lipinski definition) is 3. The first-order valence-electron chi connectivity index (χ1n) is 4.26. The van der Waals surface area contributed by atoms with Gasteiger partial charge < -0.3 is 11.1 Å². The van der Waals surface area contributed by atoms with E-state index in [0.717, 1.165) is 18.5 Å². The summed E-state index contributed by atoms with van der Waals surface area (Å²) < 4.78 is 0. The van der Waals surface area contributed by atoms with Gasteiger partial charge in [0.2, 0.25) is 5.91 Å². The highest BCUT2D eigenvalue weighted by Gasteiger charge is 2.45. The summed E-state index contributed by atoms with van der Waals surface area (Å²) in [5.41, 5.74) is 6.00. The first kappa shape index (κ1) is 8.25. The third-order valence-corrected chi connectivity index (χ3v) is 2.24. The van der Waals surface area contributed by atoms with Gasteiger partial charge in [0.05, 0.1) is 17.8 Å². The van der Waals surface area contributed by atoms with Crippen LogP contribution in [0.3, 0.4) is 0 Å². The van der Waals surface area contributed by atoms with E-state index in [1.54, 1.807) is 6.20 Å². The number of carbonyl (C=O) groups excluding carboxylic acids is 1. The molecule has 0 saturated heterocycles. The molecule has 0 radical (unpaired) electrons. The van der Waals surface area contributed by atoms with Gasteiger partial charge in [0.1, 0.15) is 0 Å². The Morgan fingerprint density at radius 2 is 2.54 bits per heavy atom. The molecule has 2 rings (SSSR count). The van der Waals surface area contributed by atoms with Crippen LogP contribution in [0.15, 0.2) is 12.3 Å². The highest BCUT2D eigenvalue weighted by molar-refractivity contribution is 5.88. The van der Waals surface area contributed by atoms with Gasteiger partial charge in [-0.05, 0) is 18.9 Å². The number of amides is 1. The van der Waals surface area contributed by atoms with Crippen molar-refractivity contribution in [3.8, 4) is 0 Å². The number of nitrogens with one attached hydrogen (secondary N) is 2. The van der Waals surface area contributed by atoms with Crippen LogP contribution in [0.4, 0.5) is 0 Å². The second-order valence-electron chi connectivity index (χ2n) is 3.42. The molecule has 1 aromatic heterocycles. The third kappa shape index (κ3) is 1.70. The molecular weight excluding hydrogens is 168 g/mol. The molecule has 0 aliphatic heterocycles. The molecule has 1 aliphatic carbocycles. The quantitative estimate of drug-likeness (QED) is 0.587. The second-order valence-corrected chi connectivity index (χ2v) is 3.42. The topological polar surface area (TPSA) is 83.8 Å². The molecule has 13 heavy (non-hydrogen) atoms. The minimum Gasteiger partial charge on any atom is -0.349 e. The van der Waals surface area contributed by atoms with Gasteiger partial charge in [0.15, 0.2) is 0 Å². The molecule has 0 atom stereocenters. The Morgan fingerprint density at radius 3 is 3.08 bits per heavy atom. The average molecular weight is 180 g/mol. The summed E-state index contributed by atoms with van der Waals surface area (Å²) in [5.74, 6) is -0.0675. The SMILES string of the molecule is NC1(C(=O)NCc2ccn[nH]2)CC1. The van der Waals surface area contributed by atoms with Crippen LogP contribution < -0.4 is 11.1 Å². The second kappa shape index (κ2) is 2.85. The fraction of sp³-hybridized carbons (Fsp3) is 0.500. The lowest BCUT2D eigenvalue weighted by molar-refractivity contribution is -0.123. The van der Waals surface area contributed by atoms with Crippen LogP contribution >= 0.6 is 0 Å². The van der Waals surface area contributed by atoms with Crippen molar-refractivity contribution >= 4 is 5.91 Å². The van der Waals surface area contributed by atoms with E-state index in [2.05, 4.69) is 15.5 Å². The predicted octanol–water partition coefficient (Wildman–Crippen LogP) is -0.483. The summed E-state index contributed by atoms with van der Waals surface area (Å²) in [6, 6.07) is 1.82. The monoisotopic (exact) mass is 180 g/mol. The molecule has 1 amide bonds. The average Bonchev–Trinajstić information content (AvgIpc) is 2.70. The van der Waals surface area contributed by atoms with Gasteiger partial charge in [-0.25, -0.2) is 0 Å². The summed E-state index contributed by atoms with van der Waals surface area (Å²) in [4.78, 5) is 11.4. The first-order chi connectivity index (χ1) is 6.21. The molecule has 1 saturated carbocycles. The summed E-state index contributed by atoms with van der Waals surface area (Å²) >= 11 is 0. The van der Waals surface area contributed by atoms with Crippen LogP contribution in [0.25, 0.3) is 0 Å². The van der Waals surface area contributed by atoms with Crippen LogP contribution in [0.5, 0.6) is 0 Å². The molecule has 5 heteroatoms. The van der Waals surface area contributed by atoms with Gasteiger partial charge in [-0.15, -0.1) is 0 Å². The number of nitrogens with zero attached hydrogens (tertiary/aromatic N) is 1. The lowest BCUT2D eigenvalue weighted by Gasteiger charge is -2.08. The molecule has 4 N–H and O–H groups in total. The van der Waals surface area contributed by atoms with Crippen molar-refractivity contribution in [1.29, 1.82) is 0 Å². The zero-order valence-corrected chi connectivity index (χ0v) is 7.21. The number of aromatic nitrogens is 2. The Morgan fingerprint density at radius 1 is 1.77 bits per heavy atom. The number of aromatic amines is 1. The van der Waals surface area contributed by atoms with Crippen LogP contribution in [-0.2, 0) is 11.3 Å². The molecule has 70 valence electrons. The van der Waals surface area contributed by atoms with Crippen molar-refractivity contribution in [3.05, 3.63) is 18.0 Å². The Bertz CT molecular complexity index is 302. The summed E-state index contributed by atoms with van der Waals surface area (Å²) in [7, 11) is 0. The maximum absolute atomic E-state index is 11.4. The van der Waals surface area contributed by atoms with Gasteiger partial charge in [0, 0.05) is 6.20 Å². The Kier molecular flexibility index (Phi) is 1.81. The van der Waals surface area contributed by atoms with Crippen molar-refractivity contribution in [3.63, 3.8) is 0 Å². The lowest BCUT2D eigenvalue weighted by atomic mass is 10.2. The molecule has 1 fully saturated rings. The van der Waals surface area contributed by atoms with Crippen molar-refractivity contribution in [1.82, 2.24) is 15.5 Å². The molecule has 0 unspecified atom stereocenters. The van der Waals surface area contributed by atoms with Crippen LogP contribution in [-0.4, -0.2) is 21.6 Å². The normalized spacial score (nSPS) is 18.2. The van der Waals surface area contributed by atoms with E-state index < -0.39 is 5.54 Å². The van der Waals surface area contributed by atoms with Gasteiger partial charge in [0.25, 0.3) is 0 Å². The van der Waals surface area contributed by atoms with Gasteiger partial charge in [-0.3, -0.25) is 9.89 Å². The van der Waals surface area contributed by atoms with Gasteiger partial charge in [-0.2, -0.15) is 5.10 Å². The maximum Gasteiger partial charge on any atom is 0.240 e. The summed E-state index contributed by atoms with van der Waals surface area (Å²) in [6.45, 7) is 0.470. The molecule has 1 aliphatic rings. The minimum atomic E-state index is -0.583. The Balaban J connectivity index is 1.83. The molecule has 1 aromatic rings. The number of carbonyl (C=O) groups is 1. The summed E-state index contributed by atoms with van der Waals surface area (Å²) in [6.07, 6.45) is 3.24. The Hall–Kier alpha value is -1.36. The molecule has 5 nitrogen and oxygen atoms in total. The summed E-state index contributed by atoms with van der Waals surface area (Å²) in [5, 5.41) is 9.28. The third-order valence-electron chi connectivity index (χ3n) is 2.24. The fourth-order valence-electron chi connectivity index (χ4n) is 1.10. The standard InChI is InChI=1S/C8H12N4O/c9-8(2-3-8)7(13)10-5-6-1-4-11-12-6/h1,4H,2-3,5,9H2,(H,10,13)(H,11,12). The van der Waals surface area contributed by atoms with Gasteiger partial charge in [-0.1, -0.05) is 0 Å². The van der Waals surface area contributed by atoms with E-state index in [1.165, 1.54) is 0 Å². The number of H-pyrrole nitrogens is 1. The van der Waals surface area contributed by atoms with Crippen LogP contribution in [0, 0.1) is 0 Å². The van der Waals surface area contributed by atoms with Crippen molar-refractivity contribution in [2.45, 2.75) is 24.9 Å². The van der Waals surface area contributed by atoms with E-state index in [9.17, 15) is 4.79 Å². The van der Waals surface area contributed by atoms with Crippen LogP contribution in [0.2, 0.25) is 0 Å². The Labute approximate surface area is 75.7 Å². The van der Waals surface area contributed by atoms with Gasteiger partial charge >= 0.3 is 0 Å². The van der Waals surface area contributed by atoms with Crippen LogP contribution in [0.1, 0.15) is 18.5 Å². The minimum absolute atomic E-state index is 0.0675. The molecule has 0 spiro atoms. The van der Waals surface area contributed by atoms with E-state index in [4.69, 9.17) is 5.73 Å². The first-order valence-corrected chi connectivity index (χ1v) is 4.26. The van der Waals surface area contributed by atoms with E-state index in [-0.39, 0.29) is 5.91 Å². The number of rotatable bonds is 3. The largest absolute Gasteiger partial charge is 0.349 e. The molecule has 1 heterocycles. The smallest absolute Gasteiger partial charge is 0.240 e. The number of hydrogen-bond acceptors (Lipinski definition) is 3. The van der Waals surface area contributed by atoms with Crippen molar-refractivity contribution in [2.24, 2.45) is 5.73 Å². The number of nitrogens with two attached hydrogens (primary N) is 1. The highest BCUT2D eigenvalue weighted by atomic mass is 16.2. The lowest BCUT2D eigenvalue weighted by Crippen LogP contribution is -2.42. The van der Waals surface area contributed by atoms with Crippen molar-refractivity contribution in [2.75, 3.05) is 0 Å². The van der Waals surface area contributed by atoms with Crippen molar-refractivity contribution < 1.29 is 4.79 Å². The highest BCUT2D eigenvalue weighted by Crippen LogP contribution is 2.32. The van der Waals surface area contributed by atoms with E-state index in [0.29, 0.717) is 6.54 Å². The zero-order chi connectivity index (χ0) is 9.31. The zero-order valence-electron chi connectivity index (χ0n) is 7.21. The molecule has 0 bridgehead atoms. The fourth-order valence-corrected chi connectivity index (χ4v) is 1.10. The maximum atomic E-state index is 11.4. The van der Waals surface area contributed by atoms with E-state index >= 15 is 0 Å². The van der Waals surface area contributed by atoms with E-state index in [1.807, 2.05) is 6.07 Å².